The molecule has 1 aliphatic rings. The molecule has 1 fully saturated rings. The summed E-state index contributed by atoms with van der Waals surface area (Å²) >= 11 is 0. The van der Waals surface area contributed by atoms with Crippen molar-refractivity contribution in [2.45, 2.75) is 51.2 Å². The van der Waals surface area contributed by atoms with Gasteiger partial charge in [0.05, 0.1) is 11.6 Å². The van der Waals surface area contributed by atoms with Crippen LogP contribution in [0.5, 0.6) is 0 Å². The van der Waals surface area contributed by atoms with Gasteiger partial charge in [-0.2, -0.15) is 5.26 Å². The summed E-state index contributed by atoms with van der Waals surface area (Å²) in [5.74, 6) is -1.05. The van der Waals surface area contributed by atoms with Gasteiger partial charge >= 0.3 is 12.1 Å². The first-order chi connectivity index (χ1) is 11.2. The molecule has 1 saturated heterocycles. The van der Waals surface area contributed by atoms with Crippen LogP contribution in [0.2, 0.25) is 0 Å². The fourth-order valence-corrected chi connectivity index (χ4v) is 3.03. The molecule has 1 aromatic rings. The van der Waals surface area contributed by atoms with Crippen LogP contribution in [0.1, 0.15) is 44.7 Å². The van der Waals surface area contributed by atoms with Crippen molar-refractivity contribution in [1.82, 2.24) is 4.90 Å². The predicted molar refractivity (Wildman–Crippen MR) is 87.4 cm³/mol. The van der Waals surface area contributed by atoms with Crippen LogP contribution >= 0.6 is 0 Å². The molecule has 1 atom stereocenters. The molecule has 2 rings (SSSR count). The molecule has 0 aliphatic carbocycles. The number of amides is 1. The maximum absolute atomic E-state index is 12.5. The van der Waals surface area contributed by atoms with E-state index in [2.05, 4.69) is 0 Å². The first kappa shape index (κ1) is 17.8. The maximum atomic E-state index is 12.5. The Bertz CT molecular complexity index is 687. The average Bonchev–Trinajstić information content (AvgIpc) is 2.91. The highest BCUT2D eigenvalue weighted by molar-refractivity contribution is 5.85. The van der Waals surface area contributed by atoms with Crippen LogP contribution in [0.3, 0.4) is 0 Å². The largest absolute Gasteiger partial charge is 0.479 e. The summed E-state index contributed by atoms with van der Waals surface area (Å²) in [5.41, 5.74) is -0.845. The van der Waals surface area contributed by atoms with E-state index in [0.29, 0.717) is 30.5 Å². The van der Waals surface area contributed by atoms with Gasteiger partial charge in [-0.1, -0.05) is 12.1 Å². The topological polar surface area (TPSA) is 90.6 Å². The summed E-state index contributed by atoms with van der Waals surface area (Å²) in [6.45, 7) is 5.60. The Morgan fingerprint density at radius 3 is 2.71 bits per heavy atom. The molecule has 6 nitrogen and oxygen atoms in total. The van der Waals surface area contributed by atoms with E-state index in [1.165, 1.54) is 4.90 Å². The van der Waals surface area contributed by atoms with Crippen molar-refractivity contribution < 1.29 is 19.4 Å². The summed E-state index contributed by atoms with van der Waals surface area (Å²) in [6, 6.07) is 8.87. The Kier molecular flexibility index (Phi) is 4.83. The highest BCUT2D eigenvalue weighted by atomic mass is 16.6. The highest BCUT2D eigenvalue weighted by Gasteiger charge is 2.51. The van der Waals surface area contributed by atoms with Crippen LogP contribution < -0.4 is 0 Å². The number of hydrogen-bond donors (Lipinski definition) is 1. The normalized spacial score (nSPS) is 20.5. The fourth-order valence-electron chi connectivity index (χ4n) is 3.03. The summed E-state index contributed by atoms with van der Waals surface area (Å²) < 4.78 is 5.38. The van der Waals surface area contributed by atoms with E-state index >= 15 is 0 Å². The summed E-state index contributed by atoms with van der Waals surface area (Å²) in [6.07, 6.45) is 0.498. The number of carbonyl (C=O) groups is 2. The van der Waals surface area contributed by atoms with Crippen molar-refractivity contribution in [2.75, 3.05) is 6.54 Å². The Hall–Kier alpha value is -2.55. The van der Waals surface area contributed by atoms with E-state index < -0.39 is 23.2 Å². The molecule has 0 radical (unpaired) electrons. The lowest BCUT2D eigenvalue weighted by Gasteiger charge is -2.36. The Morgan fingerprint density at radius 1 is 1.42 bits per heavy atom. The lowest BCUT2D eigenvalue weighted by atomic mass is 9.88. The number of carboxylic acid groups (broad SMARTS) is 1. The minimum absolute atomic E-state index is 0.150. The van der Waals surface area contributed by atoms with Gasteiger partial charge in [0, 0.05) is 13.0 Å². The molecule has 1 heterocycles. The van der Waals surface area contributed by atoms with E-state index in [4.69, 9.17) is 10.00 Å². The Balaban J connectivity index is 2.33. The number of ether oxygens (including phenoxy) is 1. The predicted octanol–water partition coefficient (Wildman–Crippen LogP) is 2.96. The molecule has 24 heavy (non-hydrogen) atoms. The summed E-state index contributed by atoms with van der Waals surface area (Å²) in [4.78, 5) is 25.8. The molecule has 0 unspecified atom stereocenters. The van der Waals surface area contributed by atoms with Gasteiger partial charge in [0.1, 0.15) is 11.1 Å². The van der Waals surface area contributed by atoms with Crippen LogP contribution in [0, 0.1) is 11.3 Å². The quantitative estimate of drug-likeness (QED) is 0.920. The third-order valence-electron chi connectivity index (χ3n) is 4.05. The molecule has 1 N–H and O–H groups in total. The van der Waals surface area contributed by atoms with E-state index in [9.17, 15) is 14.7 Å². The van der Waals surface area contributed by atoms with Crippen molar-refractivity contribution in [3.63, 3.8) is 0 Å². The Morgan fingerprint density at radius 2 is 2.12 bits per heavy atom. The zero-order chi connectivity index (χ0) is 18.0. The van der Waals surface area contributed by atoms with Gasteiger partial charge in [-0.3, -0.25) is 4.90 Å². The smallest absolute Gasteiger partial charge is 0.411 e. The zero-order valence-electron chi connectivity index (χ0n) is 14.2. The highest BCUT2D eigenvalue weighted by Crippen LogP contribution is 2.34. The second kappa shape index (κ2) is 6.52. The van der Waals surface area contributed by atoms with Crippen LogP contribution in [-0.2, 0) is 16.0 Å². The number of nitriles is 1. The summed E-state index contributed by atoms with van der Waals surface area (Å²) in [5, 5.41) is 18.9. The standard InChI is InChI=1S/C18H22N2O4/c1-17(2,3)24-16(23)20-9-5-8-18(20,15(21)22)11-13-6-4-7-14(10-13)12-19/h4,6-7,10H,5,8-9,11H2,1-3H3,(H,21,22)/t18-/m1/s1. The van der Waals surface area contributed by atoms with E-state index in [1.807, 2.05) is 6.07 Å². The van der Waals surface area contributed by atoms with Gasteiger partial charge in [0.2, 0.25) is 0 Å². The number of aliphatic carboxylic acids is 1. The fraction of sp³-hybridized carbons (Fsp3) is 0.500. The molecule has 1 aromatic carbocycles. The number of rotatable bonds is 3. The van der Waals surface area contributed by atoms with Crippen molar-refractivity contribution >= 4 is 12.1 Å². The van der Waals surface area contributed by atoms with Crippen molar-refractivity contribution in [2.24, 2.45) is 0 Å². The van der Waals surface area contributed by atoms with Crippen LogP contribution in [0.25, 0.3) is 0 Å². The van der Waals surface area contributed by atoms with Crippen molar-refractivity contribution in [1.29, 1.82) is 5.26 Å². The molecular formula is C18H22N2O4. The SMILES string of the molecule is CC(C)(C)OC(=O)N1CCC[C@@]1(Cc1cccc(C#N)c1)C(=O)O. The van der Waals surface area contributed by atoms with E-state index in [1.54, 1.807) is 45.0 Å². The van der Waals surface area contributed by atoms with Gasteiger partial charge in [0.15, 0.2) is 0 Å². The lowest BCUT2D eigenvalue weighted by molar-refractivity contribution is -0.149. The molecule has 0 spiro atoms. The second-order valence-corrected chi connectivity index (χ2v) is 7.06. The van der Waals surface area contributed by atoms with E-state index in [0.717, 1.165) is 0 Å². The molecule has 1 amide bonds. The number of nitrogens with zero attached hydrogens (tertiary/aromatic N) is 2. The molecule has 0 bridgehead atoms. The number of hydrogen-bond acceptors (Lipinski definition) is 4. The van der Waals surface area contributed by atoms with Gasteiger partial charge < -0.3 is 9.84 Å². The van der Waals surface area contributed by atoms with Crippen molar-refractivity contribution in [3.8, 4) is 6.07 Å². The molecular weight excluding hydrogens is 308 g/mol. The third kappa shape index (κ3) is 3.67. The average molecular weight is 330 g/mol. The molecule has 128 valence electrons. The molecule has 6 heteroatoms. The number of carboxylic acids is 1. The monoisotopic (exact) mass is 330 g/mol. The Labute approximate surface area is 141 Å². The van der Waals surface area contributed by atoms with Gasteiger partial charge in [-0.25, -0.2) is 9.59 Å². The van der Waals surface area contributed by atoms with E-state index in [-0.39, 0.29) is 6.42 Å². The van der Waals surface area contributed by atoms with Crippen LogP contribution in [0.4, 0.5) is 4.79 Å². The minimum Gasteiger partial charge on any atom is -0.479 e. The van der Waals surface area contributed by atoms with Gasteiger partial charge in [-0.05, 0) is 51.3 Å². The van der Waals surface area contributed by atoms with Crippen LogP contribution in [0.15, 0.2) is 24.3 Å². The molecule has 0 saturated carbocycles. The minimum atomic E-state index is -1.34. The number of carbonyl (C=O) groups excluding carboxylic acids is 1. The molecule has 1 aliphatic heterocycles. The van der Waals surface area contributed by atoms with Crippen molar-refractivity contribution in [3.05, 3.63) is 35.4 Å². The first-order valence-corrected chi connectivity index (χ1v) is 7.91. The van der Waals surface area contributed by atoms with Gasteiger partial charge in [0.25, 0.3) is 0 Å². The number of benzene rings is 1. The molecule has 0 aromatic heterocycles. The van der Waals surface area contributed by atoms with Gasteiger partial charge in [-0.15, -0.1) is 0 Å². The first-order valence-electron chi connectivity index (χ1n) is 7.91. The lowest BCUT2D eigenvalue weighted by Crippen LogP contribution is -2.55. The second-order valence-electron chi connectivity index (χ2n) is 7.06. The maximum Gasteiger partial charge on any atom is 0.411 e. The zero-order valence-corrected chi connectivity index (χ0v) is 14.2. The third-order valence-corrected chi connectivity index (χ3v) is 4.05. The van der Waals surface area contributed by atoms with Crippen LogP contribution in [-0.4, -0.2) is 39.8 Å². The number of likely N-dealkylation sites (tertiary alicyclic amines) is 1. The summed E-state index contributed by atoms with van der Waals surface area (Å²) in [7, 11) is 0.